The van der Waals surface area contributed by atoms with Gasteiger partial charge in [0.15, 0.2) is 11.0 Å². The number of ether oxygens (including phenoxy) is 2. The van der Waals surface area contributed by atoms with E-state index < -0.39 is 0 Å². The Bertz CT molecular complexity index is 866. The maximum absolute atomic E-state index is 13.0. The first-order chi connectivity index (χ1) is 15.6. The molecule has 8 nitrogen and oxygen atoms in total. The molecule has 1 aromatic carbocycles. The van der Waals surface area contributed by atoms with E-state index in [2.05, 4.69) is 37.4 Å². The number of morpholine rings is 1. The van der Waals surface area contributed by atoms with E-state index in [9.17, 15) is 4.79 Å². The quantitative estimate of drug-likeness (QED) is 0.681. The van der Waals surface area contributed by atoms with Crippen molar-refractivity contribution in [2.45, 2.75) is 18.9 Å². The second kappa shape index (κ2) is 10.9. The van der Waals surface area contributed by atoms with Gasteiger partial charge in [0.1, 0.15) is 5.75 Å². The maximum Gasteiger partial charge on any atom is 0.223 e. The summed E-state index contributed by atoms with van der Waals surface area (Å²) in [6, 6.07) is 11.8. The summed E-state index contributed by atoms with van der Waals surface area (Å²) in [5, 5.41) is 11.7. The van der Waals surface area contributed by atoms with Crippen LogP contribution in [0.4, 0.5) is 5.82 Å². The van der Waals surface area contributed by atoms with Crippen LogP contribution in [0.2, 0.25) is 5.15 Å². The number of hydrogen-bond donors (Lipinski definition) is 1. The summed E-state index contributed by atoms with van der Waals surface area (Å²) in [5.74, 6) is 1.77. The van der Waals surface area contributed by atoms with Gasteiger partial charge in [0, 0.05) is 38.6 Å². The zero-order valence-corrected chi connectivity index (χ0v) is 19.1. The van der Waals surface area contributed by atoms with Crippen LogP contribution in [0.25, 0.3) is 0 Å². The minimum atomic E-state index is 0.00714. The van der Waals surface area contributed by atoms with Crippen LogP contribution in [0.1, 0.15) is 24.4 Å². The second-order valence-electron chi connectivity index (χ2n) is 8.16. The van der Waals surface area contributed by atoms with Crippen molar-refractivity contribution in [3.05, 3.63) is 47.1 Å². The van der Waals surface area contributed by atoms with Gasteiger partial charge in [0.2, 0.25) is 5.91 Å². The van der Waals surface area contributed by atoms with Gasteiger partial charge in [-0.3, -0.25) is 9.69 Å². The number of carbonyl (C=O) groups is 1. The molecule has 1 amide bonds. The van der Waals surface area contributed by atoms with Crippen molar-refractivity contribution in [1.29, 1.82) is 0 Å². The maximum atomic E-state index is 13.0. The monoisotopic (exact) mass is 459 g/mol. The molecule has 1 N–H and O–H groups in total. The van der Waals surface area contributed by atoms with Gasteiger partial charge in [-0.05, 0) is 42.7 Å². The molecule has 0 unspecified atom stereocenters. The van der Waals surface area contributed by atoms with Crippen LogP contribution in [0.15, 0.2) is 36.4 Å². The second-order valence-corrected chi connectivity index (χ2v) is 8.55. The molecule has 0 spiro atoms. The van der Waals surface area contributed by atoms with Crippen LogP contribution < -0.4 is 15.0 Å². The summed E-state index contributed by atoms with van der Waals surface area (Å²) < 4.78 is 10.8. The number of benzene rings is 1. The Kier molecular flexibility index (Phi) is 7.78. The summed E-state index contributed by atoms with van der Waals surface area (Å²) in [7, 11) is 1.67. The number of aromatic nitrogens is 2. The molecule has 4 rings (SSSR count). The van der Waals surface area contributed by atoms with Crippen LogP contribution in [0.5, 0.6) is 5.75 Å². The highest BCUT2D eigenvalue weighted by Crippen LogP contribution is 2.25. The molecule has 32 heavy (non-hydrogen) atoms. The lowest BCUT2D eigenvalue weighted by atomic mass is 9.95. The van der Waals surface area contributed by atoms with Crippen LogP contribution in [-0.4, -0.2) is 74.1 Å². The zero-order chi connectivity index (χ0) is 22.3. The summed E-state index contributed by atoms with van der Waals surface area (Å²) in [6.07, 6.45) is 1.59. The molecule has 0 bridgehead atoms. The predicted molar refractivity (Wildman–Crippen MR) is 123 cm³/mol. The Morgan fingerprint density at radius 3 is 2.47 bits per heavy atom. The third-order valence-corrected chi connectivity index (χ3v) is 6.47. The van der Waals surface area contributed by atoms with Crippen molar-refractivity contribution < 1.29 is 14.3 Å². The Morgan fingerprint density at radius 1 is 1.12 bits per heavy atom. The van der Waals surface area contributed by atoms with Gasteiger partial charge in [-0.25, -0.2) is 0 Å². The standard InChI is InChI=1S/C23H30ClN5O3/c1-31-19-4-2-17(3-5-19)20(28-12-14-32-15-13-28)16-25-23(30)18-8-10-29(11-9-18)22-7-6-21(24)26-27-22/h2-7,18,20H,8-16H2,1H3,(H,25,30)/t20-/m1/s1. The molecule has 9 heteroatoms. The highest BCUT2D eigenvalue weighted by atomic mass is 35.5. The van der Waals surface area contributed by atoms with Crippen molar-refractivity contribution in [1.82, 2.24) is 20.4 Å². The van der Waals surface area contributed by atoms with Crippen LogP contribution in [0.3, 0.4) is 0 Å². The fourth-order valence-corrected chi connectivity index (χ4v) is 4.46. The molecule has 2 saturated heterocycles. The summed E-state index contributed by atoms with van der Waals surface area (Å²) in [4.78, 5) is 17.5. The van der Waals surface area contributed by atoms with Gasteiger partial charge in [0.05, 0.1) is 26.4 Å². The third-order valence-electron chi connectivity index (χ3n) is 6.26. The Balaban J connectivity index is 1.34. The lowest BCUT2D eigenvalue weighted by Gasteiger charge is -2.36. The Labute approximate surface area is 193 Å². The van der Waals surface area contributed by atoms with E-state index >= 15 is 0 Å². The molecule has 2 aliphatic rings. The highest BCUT2D eigenvalue weighted by molar-refractivity contribution is 6.29. The van der Waals surface area contributed by atoms with Gasteiger partial charge >= 0.3 is 0 Å². The highest BCUT2D eigenvalue weighted by Gasteiger charge is 2.28. The SMILES string of the molecule is COc1ccc([C@@H](CNC(=O)C2CCN(c3ccc(Cl)nn3)CC2)N2CCOCC2)cc1. The van der Waals surface area contributed by atoms with Crippen LogP contribution in [-0.2, 0) is 9.53 Å². The van der Waals surface area contributed by atoms with E-state index in [0.717, 1.165) is 50.6 Å². The molecule has 2 fully saturated rings. The summed E-state index contributed by atoms with van der Waals surface area (Å²) >= 11 is 5.83. The van der Waals surface area contributed by atoms with E-state index in [0.29, 0.717) is 24.9 Å². The zero-order valence-electron chi connectivity index (χ0n) is 18.4. The lowest BCUT2D eigenvalue weighted by Crippen LogP contribution is -2.46. The molecule has 172 valence electrons. The van der Waals surface area contributed by atoms with Crippen LogP contribution in [0, 0.1) is 5.92 Å². The van der Waals surface area contributed by atoms with E-state index in [-0.39, 0.29) is 17.9 Å². The molecule has 0 radical (unpaired) electrons. The molecule has 1 aromatic heterocycles. The van der Waals surface area contributed by atoms with E-state index in [1.54, 1.807) is 13.2 Å². The van der Waals surface area contributed by atoms with Gasteiger partial charge in [-0.2, -0.15) is 0 Å². The summed E-state index contributed by atoms with van der Waals surface area (Å²) in [6.45, 7) is 5.27. The minimum Gasteiger partial charge on any atom is -0.497 e. The van der Waals surface area contributed by atoms with E-state index in [1.807, 2.05) is 18.2 Å². The van der Waals surface area contributed by atoms with E-state index in [1.165, 1.54) is 5.56 Å². The fourth-order valence-electron chi connectivity index (χ4n) is 4.36. The van der Waals surface area contributed by atoms with Crippen molar-refractivity contribution in [3.63, 3.8) is 0 Å². The number of rotatable bonds is 7. The molecule has 3 heterocycles. The van der Waals surface area contributed by atoms with Gasteiger partial charge in [0.25, 0.3) is 0 Å². The number of piperidine rings is 1. The number of amides is 1. The van der Waals surface area contributed by atoms with Crippen molar-refractivity contribution >= 4 is 23.3 Å². The average molecular weight is 460 g/mol. The van der Waals surface area contributed by atoms with Crippen molar-refractivity contribution in [2.24, 2.45) is 5.92 Å². The normalized spacial score (nSPS) is 18.9. The van der Waals surface area contributed by atoms with Gasteiger partial charge < -0.3 is 19.7 Å². The molecule has 2 aromatic rings. The molecule has 0 saturated carbocycles. The first-order valence-corrected chi connectivity index (χ1v) is 11.5. The number of halogens is 1. The third kappa shape index (κ3) is 5.68. The fraction of sp³-hybridized carbons (Fsp3) is 0.522. The van der Waals surface area contributed by atoms with Crippen molar-refractivity contribution in [3.8, 4) is 5.75 Å². The minimum absolute atomic E-state index is 0.00714. The number of methoxy groups -OCH3 is 1. The Morgan fingerprint density at radius 2 is 1.84 bits per heavy atom. The molecule has 0 aliphatic carbocycles. The van der Waals surface area contributed by atoms with Crippen LogP contribution >= 0.6 is 11.6 Å². The molecular weight excluding hydrogens is 430 g/mol. The Hall–Kier alpha value is -2.42. The molecular formula is C23H30ClN5O3. The number of hydrogen-bond acceptors (Lipinski definition) is 7. The topological polar surface area (TPSA) is 79.8 Å². The first kappa shape index (κ1) is 22.8. The summed E-state index contributed by atoms with van der Waals surface area (Å²) in [5.41, 5.74) is 1.17. The largest absolute Gasteiger partial charge is 0.497 e. The lowest BCUT2D eigenvalue weighted by molar-refractivity contribution is -0.126. The molecule has 2 aliphatic heterocycles. The first-order valence-electron chi connectivity index (χ1n) is 11.1. The average Bonchev–Trinajstić information content (AvgIpc) is 2.86. The molecule has 1 atom stereocenters. The van der Waals surface area contributed by atoms with Gasteiger partial charge in [-0.1, -0.05) is 23.7 Å². The smallest absolute Gasteiger partial charge is 0.223 e. The number of nitrogens with one attached hydrogen (secondary N) is 1. The number of anilines is 1. The predicted octanol–water partition coefficient (Wildman–Crippen LogP) is 2.54. The number of nitrogens with zero attached hydrogens (tertiary/aromatic N) is 4. The van der Waals surface area contributed by atoms with Crippen molar-refractivity contribution in [2.75, 3.05) is 57.9 Å². The van der Waals surface area contributed by atoms with Gasteiger partial charge in [-0.15, -0.1) is 10.2 Å². The van der Waals surface area contributed by atoms with E-state index in [4.69, 9.17) is 21.1 Å². The number of carbonyl (C=O) groups excluding carboxylic acids is 1.